The summed E-state index contributed by atoms with van der Waals surface area (Å²) in [5.74, 6) is -0.0555. The molecule has 26 heavy (non-hydrogen) atoms. The van der Waals surface area contributed by atoms with E-state index in [4.69, 9.17) is 0 Å². The molecule has 1 aromatic carbocycles. The van der Waals surface area contributed by atoms with E-state index < -0.39 is 6.36 Å². The van der Waals surface area contributed by atoms with Gasteiger partial charge in [0.15, 0.2) is 0 Å². The van der Waals surface area contributed by atoms with Crippen LogP contribution in [-0.4, -0.2) is 35.4 Å². The highest BCUT2D eigenvalue weighted by atomic mass is 19.4. The van der Waals surface area contributed by atoms with Crippen LogP contribution in [0.25, 0.3) is 0 Å². The summed E-state index contributed by atoms with van der Waals surface area (Å²) < 4.78 is 40.7. The fourth-order valence-electron chi connectivity index (χ4n) is 2.98. The lowest BCUT2D eigenvalue weighted by Gasteiger charge is -2.18. The summed E-state index contributed by atoms with van der Waals surface area (Å²) in [6, 6.07) is 9.19. The Morgan fingerprint density at radius 1 is 1.31 bits per heavy atom. The molecule has 1 saturated heterocycles. The average Bonchev–Trinajstić information content (AvgIpc) is 3.09. The molecule has 0 bridgehead atoms. The number of hydrogen-bond donors (Lipinski definition) is 1. The van der Waals surface area contributed by atoms with Gasteiger partial charge in [0.2, 0.25) is 0 Å². The molecular weight excluding hydrogens is 347 g/mol. The quantitative estimate of drug-likeness (QED) is 0.899. The van der Waals surface area contributed by atoms with Gasteiger partial charge in [-0.25, -0.2) is 4.79 Å². The number of urea groups is 1. The minimum Gasteiger partial charge on any atom is -0.406 e. The number of carbonyl (C=O) groups is 1. The second-order valence-corrected chi connectivity index (χ2v) is 6.07. The largest absolute Gasteiger partial charge is 0.573 e. The number of carbonyl (C=O) groups excluding carboxylic acids is 1. The zero-order chi connectivity index (χ0) is 18.6. The van der Waals surface area contributed by atoms with Crippen LogP contribution in [0.4, 0.5) is 18.0 Å². The van der Waals surface area contributed by atoms with Gasteiger partial charge in [0.1, 0.15) is 5.75 Å². The van der Waals surface area contributed by atoms with Crippen molar-refractivity contribution in [3.05, 3.63) is 59.9 Å². The molecule has 2 heterocycles. The first-order chi connectivity index (χ1) is 12.4. The van der Waals surface area contributed by atoms with E-state index in [2.05, 4.69) is 15.0 Å². The SMILES string of the molecule is O=C(NCc1cccc(OC(F)(F)F)c1)N1CCC(c2cccnc2)C1. The Morgan fingerprint density at radius 3 is 2.88 bits per heavy atom. The molecule has 1 aliphatic heterocycles. The van der Waals surface area contributed by atoms with Crippen molar-refractivity contribution in [1.29, 1.82) is 0 Å². The van der Waals surface area contributed by atoms with E-state index in [1.807, 2.05) is 12.1 Å². The summed E-state index contributed by atoms with van der Waals surface area (Å²) in [6.45, 7) is 1.35. The number of hydrogen-bond acceptors (Lipinski definition) is 3. The van der Waals surface area contributed by atoms with E-state index >= 15 is 0 Å². The van der Waals surface area contributed by atoms with Crippen molar-refractivity contribution in [3.63, 3.8) is 0 Å². The monoisotopic (exact) mass is 365 g/mol. The van der Waals surface area contributed by atoms with Crippen LogP contribution in [0.2, 0.25) is 0 Å². The van der Waals surface area contributed by atoms with Crippen molar-refractivity contribution in [3.8, 4) is 5.75 Å². The van der Waals surface area contributed by atoms with E-state index in [1.54, 1.807) is 23.4 Å². The molecule has 8 heteroatoms. The Morgan fingerprint density at radius 2 is 2.15 bits per heavy atom. The Hall–Kier alpha value is -2.77. The smallest absolute Gasteiger partial charge is 0.406 e. The summed E-state index contributed by atoms with van der Waals surface area (Å²) in [6.07, 6.45) is -0.371. The number of halogens is 3. The fraction of sp³-hybridized carbons (Fsp3) is 0.333. The normalized spacial score (nSPS) is 17.2. The topological polar surface area (TPSA) is 54.5 Å². The summed E-state index contributed by atoms with van der Waals surface area (Å²) >= 11 is 0. The van der Waals surface area contributed by atoms with Gasteiger partial charge in [-0.3, -0.25) is 4.98 Å². The van der Waals surface area contributed by atoms with Crippen molar-refractivity contribution in [2.75, 3.05) is 13.1 Å². The molecule has 1 fully saturated rings. The van der Waals surface area contributed by atoms with Crippen LogP contribution < -0.4 is 10.1 Å². The molecule has 0 saturated carbocycles. The number of amides is 2. The lowest BCUT2D eigenvalue weighted by atomic mass is 10.0. The molecule has 1 aromatic heterocycles. The molecule has 138 valence electrons. The van der Waals surface area contributed by atoms with Gasteiger partial charge in [0, 0.05) is 37.9 Å². The molecule has 5 nitrogen and oxygen atoms in total. The number of alkyl halides is 3. The van der Waals surface area contributed by atoms with Gasteiger partial charge in [-0.2, -0.15) is 0 Å². The van der Waals surface area contributed by atoms with Crippen LogP contribution in [0.3, 0.4) is 0 Å². The predicted octanol–water partition coefficient (Wildman–Crippen LogP) is 3.68. The van der Waals surface area contributed by atoms with Crippen molar-refractivity contribution in [2.24, 2.45) is 0 Å². The highest BCUT2D eigenvalue weighted by Gasteiger charge is 2.31. The lowest BCUT2D eigenvalue weighted by molar-refractivity contribution is -0.274. The van der Waals surface area contributed by atoms with Gasteiger partial charge in [0.25, 0.3) is 0 Å². The van der Waals surface area contributed by atoms with Crippen molar-refractivity contribution < 1.29 is 22.7 Å². The number of pyridine rings is 1. The van der Waals surface area contributed by atoms with Crippen LogP contribution in [0, 0.1) is 0 Å². The zero-order valence-corrected chi connectivity index (χ0v) is 13.9. The third-order valence-corrected chi connectivity index (χ3v) is 4.21. The van der Waals surface area contributed by atoms with Gasteiger partial charge in [-0.1, -0.05) is 18.2 Å². The lowest BCUT2D eigenvalue weighted by Crippen LogP contribution is -2.37. The summed E-state index contributed by atoms with van der Waals surface area (Å²) in [4.78, 5) is 18.1. The molecule has 0 aliphatic carbocycles. The predicted molar refractivity (Wildman–Crippen MR) is 88.5 cm³/mol. The third-order valence-electron chi connectivity index (χ3n) is 4.21. The first-order valence-corrected chi connectivity index (χ1v) is 8.18. The Balaban J connectivity index is 1.52. The highest BCUT2D eigenvalue weighted by molar-refractivity contribution is 5.74. The first kappa shape index (κ1) is 18.0. The van der Waals surface area contributed by atoms with Crippen molar-refractivity contribution >= 4 is 6.03 Å². The molecule has 1 aliphatic rings. The van der Waals surface area contributed by atoms with Gasteiger partial charge in [-0.15, -0.1) is 13.2 Å². The Labute approximate surface area is 148 Å². The van der Waals surface area contributed by atoms with E-state index in [-0.39, 0.29) is 24.2 Å². The van der Waals surface area contributed by atoms with E-state index in [9.17, 15) is 18.0 Å². The molecule has 0 radical (unpaired) electrons. The second kappa shape index (κ2) is 7.63. The molecular formula is C18H18F3N3O2. The number of rotatable bonds is 4. The van der Waals surface area contributed by atoms with Gasteiger partial charge >= 0.3 is 12.4 Å². The van der Waals surface area contributed by atoms with Gasteiger partial charge in [0.05, 0.1) is 0 Å². The summed E-state index contributed by atoms with van der Waals surface area (Å²) in [7, 11) is 0. The Kier molecular flexibility index (Phi) is 5.29. The average molecular weight is 365 g/mol. The van der Waals surface area contributed by atoms with Crippen molar-refractivity contribution in [1.82, 2.24) is 15.2 Å². The number of aromatic nitrogens is 1. The number of nitrogens with one attached hydrogen (secondary N) is 1. The van der Waals surface area contributed by atoms with Gasteiger partial charge < -0.3 is 15.0 Å². The maximum absolute atomic E-state index is 12.3. The molecule has 2 amide bonds. The zero-order valence-electron chi connectivity index (χ0n) is 13.9. The van der Waals surface area contributed by atoms with E-state index in [0.717, 1.165) is 12.0 Å². The maximum atomic E-state index is 12.3. The Bertz CT molecular complexity index is 753. The van der Waals surface area contributed by atoms with Crippen LogP contribution in [0.1, 0.15) is 23.5 Å². The standard InChI is InChI=1S/C18H18F3N3O2/c19-18(20,21)26-16-5-1-3-13(9-16)10-23-17(25)24-8-6-15(12-24)14-4-2-7-22-11-14/h1-5,7,9,11,15H,6,8,10,12H2,(H,23,25). The van der Waals surface area contributed by atoms with E-state index in [0.29, 0.717) is 18.7 Å². The van der Waals surface area contributed by atoms with Crippen LogP contribution in [-0.2, 0) is 6.54 Å². The molecule has 0 spiro atoms. The minimum absolute atomic E-state index is 0.127. The number of nitrogens with zero attached hydrogens (tertiary/aromatic N) is 2. The van der Waals surface area contributed by atoms with Crippen LogP contribution >= 0.6 is 0 Å². The van der Waals surface area contributed by atoms with Crippen LogP contribution in [0.5, 0.6) is 5.75 Å². The summed E-state index contributed by atoms with van der Waals surface area (Å²) in [5.41, 5.74) is 1.63. The molecule has 2 aromatic rings. The van der Waals surface area contributed by atoms with E-state index in [1.165, 1.54) is 18.2 Å². The first-order valence-electron chi connectivity index (χ1n) is 8.18. The molecule has 1 N–H and O–H groups in total. The second-order valence-electron chi connectivity index (χ2n) is 6.07. The third kappa shape index (κ3) is 4.87. The van der Waals surface area contributed by atoms with Gasteiger partial charge in [-0.05, 0) is 35.7 Å². The number of ether oxygens (including phenoxy) is 1. The van der Waals surface area contributed by atoms with Crippen LogP contribution in [0.15, 0.2) is 48.8 Å². The minimum atomic E-state index is -4.74. The molecule has 1 atom stereocenters. The van der Waals surface area contributed by atoms with Crippen molar-refractivity contribution in [2.45, 2.75) is 25.2 Å². The molecule has 3 rings (SSSR count). The fourth-order valence-corrected chi connectivity index (χ4v) is 2.98. The summed E-state index contributed by atoms with van der Waals surface area (Å²) in [5, 5.41) is 2.74. The number of benzene rings is 1. The highest BCUT2D eigenvalue weighted by Crippen LogP contribution is 2.26. The maximum Gasteiger partial charge on any atom is 0.573 e. The molecule has 1 unspecified atom stereocenters. The number of likely N-dealkylation sites (tertiary alicyclic amines) is 1.